The molecule has 0 radical (unpaired) electrons. The van der Waals surface area contributed by atoms with Gasteiger partial charge in [-0.3, -0.25) is 4.79 Å². The van der Waals surface area contributed by atoms with Crippen LogP contribution in [0.5, 0.6) is 0 Å². The van der Waals surface area contributed by atoms with Gasteiger partial charge in [-0.15, -0.1) is 0 Å². The zero-order valence-corrected chi connectivity index (χ0v) is 16.1. The summed E-state index contributed by atoms with van der Waals surface area (Å²) in [6, 6.07) is 11.4. The number of rotatable bonds is 8. The summed E-state index contributed by atoms with van der Waals surface area (Å²) in [5.74, 6) is 0.545. The van der Waals surface area contributed by atoms with Crippen molar-refractivity contribution in [2.24, 2.45) is 0 Å². The molecule has 0 spiro atoms. The van der Waals surface area contributed by atoms with Gasteiger partial charge in [-0.25, -0.2) is 4.98 Å². The molecule has 1 fully saturated rings. The van der Waals surface area contributed by atoms with E-state index in [2.05, 4.69) is 34.4 Å². The summed E-state index contributed by atoms with van der Waals surface area (Å²) in [7, 11) is 0. The van der Waals surface area contributed by atoms with Gasteiger partial charge in [0.25, 0.3) is 5.91 Å². The van der Waals surface area contributed by atoms with Crippen LogP contribution < -0.4 is 15.5 Å². The van der Waals surface area contributed by atoms with Crippen LogP contribution in [0.15, 0.2) is 42.6 Å². The van der Waals surface area contributed by atoms with Gasteiger partial charge >= 0.3 is 0 Å². The highest BCUT2D eigenvalue weighted by Gasteiger charge is 2.15. The summed E-state index contributed by atoms with van der Waals surface area (Å²) in [4.78, 5) is 19.1. The topological polar surface area (TPSA) is 66.5 Å². The molecule has 6 heteroatoms. The van der Waals surface area contributed by atoms with Crippen LogP contribution in [0.2, 0.25) is 0 Å². The Morgan fingerprint density at radius 2 is 2.00 bits per heavy atom. The number of anilines is 3. The maximum Gasteiger partial charge on any atom is 0.255 e. The highest BCUT2D eigenvalue weighted by molar-refractivity contribution is 6.04. The fourth-order valence-corrected chi connectivity index (χ4v) is 3.24. The Balaban J connectivity index is 1.59. The van der Waals surface area contributed by atoms with Gasteiger partial charge in [0.1, 0.15) is 5.82 Å². The van der Waals surface area contributed by atoms with E-state index in [0.717, 1.165) is 43.9 Å². The van der Waals surface area contributed by atoms with Crippen molar-refractivity contribution in [2.75, 3.05) is 41.8 Å². The lowest BCUT2D eigenvalue weighted by atomic mass is 10.2. The number of hydrogen-bond acceptors (Lipinski definition) is 5. The Morgan fingerprint density at radius 3 is 2.67 bits per heavy atom. The van der Waals surface area contributed by atoms with Gasteiger partial charge in [-0.2, -0.15) is 0 Å². The molecule has 0 bridgehead atoms. The molecule has 2 aromatic rings. The van der Waals surface area contributed by atoms with E-state index in [1.54, 1.807) is 18.3 Å². The molecule has 1 aromatic carbocycles. The molecule has 1 atom stereocenters. The summed E-state index contributed by atoms with van der Waals surface area (Å²) in [5.41, 5.74) is 2.51. The molecule has 2 heterocycles. The number of benzene rings is 1. The maximum absolute atomic E-state index is 12.6. The van der Waals surface area contributed by atoms with E-state index >= 15 is 0 Å². The molecule has 144 valence electrons. The van der Waals surface area contributed by atoms with E-state index in [1.807, 2.05) is 24.3 Å². The number of nitrogens with zero attached hydrogens (tertiary/aromatic N) is 2. The van der Waals surface area contributed by atoms with Crippen molar-refractivity contribution in [3.05, 3.63) is 48.2 Å². The first-order valence-electron chi connectivity index (χ1n) is 9.67. The maximum atomic E-state index is 12.6. The molecule has 1 unspecified atom stereocenters. The van der Waals surface area contributed by atoms with Gasteiger partial charge in [0.05, 0.1) is 6.10 Å². The second-order valence-corrected chi connectivity index (χ2v) is 6.62. The quantitative estimate of drug-likeness (QED) is 0.742. The number of nitrogens with one attached hydrogen (secondary N) is 2. The average molecular weight is 368 g/mol. The lowest BCUT2D eigenvalue weighted by Crippen LogP contribution is -2.21. The lowest BCUT2D eigenvalue weighted by Gasteiger charge is -2.21. The smallest absolute Gasteiger partial charge is 0.255 e. The van der Waals surface area contributed by atoms with Crippen molar-refractivity contribution >= 4 is 23.1 Å². The third kappa shape index (κ3) is 5.20. The van der Waals surface area contributed by atoms with E-state index in [9.17, 15) is 4.79 Å². The van der Waals surface area contributed by atoms with E-state index in [4.69, 9.17) is 4.74 Å². The Kier molecular flexibility index (Phi) is 6.65. The number of amides is 1. The zero-order valence-electron chi connectivity index (χ0n) is 16.1. The Hall–Kier alpha value is -2.60. The predicted octanol–water partition coefficient (Wildman–Crippen LogP) is 3.77. The van der Waals surface area contributed by atoms with Gasteiger partial charge < -0.3 is 20.3 Å². The first-order valence-corrected chi connectivity index (χ1v) is 9.67. The second kappa shape index (κ2) is 9.37. The van der Waals surface area contributed by atoms with Crippen LogP contribution in [0.3, 0.4) is 0 Å². The SMILES string of the molecule is CCN(CC)c1ccc(NC(=O)c2ccnc(NCC3CCCO3)c2)cc1. The number of carbonyl (C=O) groups is 1. The van der Waals surface area contributed by atoms with Crippen LogP contribution in [0.25, 0.3) is 0 Å². The van der Waals surface area contributed by atoms with Crippen molar-refractivity contribution in [2.45, 2.75) is 32.8 Å². The standard InChI is InChI=1S/C21H28N4O2/c1-3-25(4-2)18-9-7-17(8-10-18)24-21(26)16-11-12-22-20(14-16)23-15-19-6-5-13-27-19/h7-12,14,19H,3-6,13,15H2,1-2H3,(H,22,23)(H,24,26). The molecule has 1 aromatic heterocycles. The third-order valence-electron chi connectivity index (χ3n) is 4.81. The number of aromatic nitrogens is 1. The van der Waals surface area contributed by atoms with Crippen LogP contribution in [-0.2, 0) is 4.74 Å². The van der Waals surface area contributed by atoms with Crippen LogP contribution >= 0.6 is 0 Å². The monoisotopic (exact) mass is 368 g/mol. The minimum atomic E-state index is -0.145. The number of pyridine rings is 1. The fourth-order valence-electron chi connectivity index (χ4n) is 3.24. The normalized spacial score (nSPS) is 16.1. The minimum absolute atomic E-state index is 0.145. The second-order valence-electron chi connectivity index (χ2n) is 6.62. The Morgan fingerprint density at radius 1 is 1.22 bits per heavy atom. The van der Waals surface area contributed by atoms with Crippen molar-refractivity contribution in [3.63, 3.8) is 0 Å². The highest BCUT2D eigenvalue weighted by Crippen LogP contribution is 2.19. The zero-order chi connectivity index (χ0) is 19.1. The molecule has 1 amide bonds. The Labute approximate surface area is 160 Å². The number of hydrogen-bond donors (Lipinski definition) is 2. The van der Waals surface area contributed by atoms with Crippen LogP contribution in [-0.4, -0.2) is 43.2 Å². The van der Waals surface area contributed by atoms with Crippen LogP contribution in [0.1, 0.15) is 37.0 Å². The molecule has 2 N–H and O–H groups in total. The summed E-state index contributed by atoms with van der Waals surface area (Å²) in [6.45, 7) is 7.72. The van der Waals surface area contributed by atoms with Gasteiger partial charge in [0.15, 0.2) is 0 Å². The van der Waals surface area contributed by atoms with Gasteiger partial charge in [0, 0.05) is 49.4 Å². The average Bonchev–Trinajstić information content (AvgIpc) is 3.22. The van der Waals surface area contributed by atoms with Gasteiger partial charge in [-0.1, -0.05) is 0 Å². The largest absolute Gasteiger partial charge is 0.376 e. The van der Waals surface area contributed by atoms with E-state index in [1.165, 1.54) is 0 Å². The summed E-state index contributed by atoms with van der Waals surface area (Å²) >= 11 is 0. The summed E-state index contributed by atoms with van der Waals surface area (Å²) in [6.07, 6.45) is 4.05. The van der Waals surface area contributed by atoms with Gasteiger partial charge in [-0.05, 0) is 63.1 Å². The first kappa shape index (κ1) is 19.2. The predicted molar refractivity (Wildman–Crippen MR) is 110 cm³/mol. The molecule has 0 aliphatic carbocycles. The fraction of sp³-hybridized carbons (Fsp3) is 0.429. The molecule has 0 saturated carbocycles. The molecule has 1 saturated heterocycles. The van der Waals surface area contributed by atoms with Crippen molar-refractivity contribution in [1.29, 1.82) is 0 Å². The molecular formula is C21H28N4O2. The molecule has 3 rings (SSSR count). The van der Waals surface area contributed by atoms with Crippen molar-refractivity contribution in [1.82, 2.24) is 4.98 Å². The van der Waals surface area contributed by atoms with E-state index in [-0.39, 0.29) is 12.0 Å². The van der Waals surface area contributed by atoms with Crippen LogP contribution in [0, 0.1) is 0 Å². The molecule has 1 aliphatic heterocycles. The highest BCUT2D eigenvalue weighted by atomic mass is 16.5. The third-order valence-corrected chi connectivity index (χ3v) is 4.81. The summed E-state index contributed by atoms with van der Waals surface area (Å²) < 4.78 is 5.60. The van der Waals surface area contributed by atoms with Gasteiger partial charge in [0.2, 0.25) is 0 Å². The van der Waals surface area contributed by atoms with Crippen molar-refractivity contribution in [3.8, 4) is 0 Å². The molecule has 6 nitrogen and oxygen atoms in total. The Bertz CT molecular complexity index is 738. The number of ether oxygens (including phenoxy) is 1. The molecular weight excluding hydrogens is 340 g/mol. The molecule has 1 aliphatic rings. The summed E-state index contributed by atoms with van der Waals surface area (Å²) in [5, 5.41) is 6.20. The molecule has 27 heavy (non-hydrogen) atoms. The number of carbonyl (C=O) groups excluding carboxylic acids is 1. The van der Waals surface area contributed by atoms with E-state index < -0.39 is 0 Å². The minimum Gasteiger partial charge on any atom is -0.376 e. The lowest BCUT2D eigenvalue weighted by molar-refractivity contribution is 0.102. The first-order chi connectivity index (χ1) is 13.2. The van der Waals surface area contributed by atoms with Crippen LogP contribution in [0.4, 0.5) is 17.2 Å². The van der Waals surface area contributed by atoms with Crippen molar-refractivity contribution < 1.29 is 9.53 Å². The van der Waals surface area contributed by atoms with E-state index in [0.29, 0.717) is 17.9 Å².